The number of halogens is 2. The van der Waals surface area contributed by atoms with Crippen LogP contribution in [0.5, 0.6) is 0 Å². The van der Waals surface area contributed by atoms with Gasteiger partial charge in [-0.2, -0.15) is 0 Å². The van der Waals surface area contributed by atoms with Gasteiger partial charge in [0.2, 0.25) is 5.91 Å². The molecule has 1 heterocycles. The van der Waals surface area contributed by atoms with Gasteiger partial charge in [-0.15, -0.1) is 0 Å². The normalized spacial score (nSPS) is 16.6. The zero-order chi connectivity index (χ0) is 17.7. The second-order valence-electron chi connectivity index (χ2n) is 5.55. The van der Waals surface area contributed by atoms with Crippen LogP contribution in [0.25, 0.3) is 0 Å². The van der Waals surface area contributed by atoms with Gasteiger partial charge in [-0.25, -0.2) is 4.79 Å². The molecule has 0 spiro atoms. The van der Waals surface area contributed by atoms with Crippen LogP contribution in [-0.4, -0.2) is 60.6 Å². The third-order valence-electron chi connectivity index (χ3n) is 3.90. The molecule has 1 aromatic rings. The van der Waals surface area contributed by atoms with Gasteiger partial charge in [0.15, 0.2) is 0 Å². The van der Waals surface area contributed by atoms with E-state index in [4.69, 9.17) is 27.9 Å². The van der Waals surface area contributed by atoms with Crippen LogP contribution in [0.4, 0.5) is 10.5 Å². The highest BCUT2D eigenvalue weighted by atomic mass is 35.5. The highest BCUT2D eigenvalue weighted by molar-refractivity contribution is 6.35. The Hall–Kier alpha value is -1.50. The first-order valence-electron chi connectivity index (χ1n) is 7.83. The Kier molecular flexibility index (Phi) is 6.71. The Morgan fingerprint density at radius 1 is 1.17 bits per heavy atom. The number of benzene rings is 1. The standard InChI is InChI=1S/C16H21Cl2N3O3/c1-3-24-16(23)21-6-4-20(5-7-21)11(2)15(22)19-14-9-12(17)8-13(18)10-14/h8-11H,3-7H2,1-2H3,(H,19,22). The van der Waals surface area contributed by atoms with E-state index in [1.54, 1.807) is 30.0 Å². The quantitative estimate of drug-likeness (QED) is 0.880. The molecule has 0 radical (unpaired) electrons. The van der Waals surface area contributed by atoms with Crippen LogP contribution >= 0.6 is 23.2 Å². The summed E-state index contributed by atoms with van der Waals surface area (Å²) in [7, 11) is 0. The number of hydrogen-bond donors (Lipinski definition) is 1. The first-order valence-corrected chi connectivity index (χ1v) is 8.59. The lowest BCUT2D eigenvalue weighted by Gasteiger charge is -2.36. The third-order valence-corrected chi connectivity index (χ3v) is 4.33. The molecule has 1 saturated heterocycles. The number of piperazine rings is 1. The largest absolute Gasteiger partial charge is 0.450 e. The molecule has 0 bridgehead atoms. The average molecular weight is 374 g/mol. The van der Waals surface area contributed by atoms with Gasteiger partial charge >= 0.3 is 6.09 Å². The molecule has 1 aliphatic rings. The summed E-state index contributed by atoms with van der Waals surface area (Å²) >= 11 is 11.9. The first kappa shape index (κ1) is 18.8. The van der Waals surface area contributed by atoms with Crippen molar-refractivity contribution in [1.82, 2.24) is 9.80 Å². The van der Waals surface area contributed by atoms with Gasteiger partial charge in [-0.3, -0.25) is 9.69 Å². The molecule has 0 saturated carbocycles. The number of amides is 2. The molecule has 1 aliphatic heterocycles. The van der Waals surface area contributed by atoms with Crippen molar-refractivity contribution in [3.63, 3.8) is 0 Å². The summed E-state index contributed by atoms with van der Waals surface area (Å²) in [6, 6.07) is 4.58. The van der Waals surface area contributed by atoms with E-state index < -0.39 is 0 Å². The van der Waals surface area contributed by atoms with Crippen molar-refractivity contribution in [1.29, 1.82) is 0 Å². The summed E-state index contributed by atoms with van der Waals surface area (Å²) in [6.07, 6.45) is -0.303. The van der Waals surface area contributed by atoms with Crippen molar-refractivity contribution in [2.45, 2.75) is 19.9 Å². The molecule has 1 unspecified atom stereocenters. The molecule has 132 valence electrons. The molecule has 1 atom stereocenters. The van der Waals surface area contributed by atoms with Gasteiger partial charge in [0, 0.05) is 41.9 Å². The average Bonchev–Trinajstić information content (AvgIpc) is 2.53. The zero-order valence-corrected chi connectivity index (χ0v) is 15.2. The molecule has 2 amide bonds. The first-order chi connectivity index (χ1) is 11.4. The summed E-state index contributed by atoms with van der Waals surface area (Å²) in [5, 5.41) is 3.75. The van der Waals surface area contributed by atoms with Gasteiger partial charge in [0.05, 0.1) is 12.6 Å². The molecule has 1 aromatic carbocycles. The summed E-state index contributed by atoms with van der Waals surface area (Å²) < 4.78 is 4.99. The van der Waals surface area contributed by atoms with E-state index in [1.807, 2.05) is 11.8 Å². The van der Waals surface area contributed by atoms with E-state index in [9.17, 15) is 9.59 Å². The molecule has 2 rings (SSSR count). The minimum Gasteiger partial charge on any atom is -0.450 e. The molecular formula is C16H21Cl2N3O3. The molecule has 1 N–H and O–H groups in total. The molecule has 8 heteroatoms. The van der Waals surface area contributed by atoms with Crippen LogP contribution in [0, 0.1) is 0 Å². The predicted molar refractivity (Wildman–Crippen MR) is 94.7 cm³/mol. The Labute approximate surface area is 151 Å². The van der Waals surface area contributed by atoms with E-state index in [2.05, 4.69) is 5.32 Å². The van der Waals surface area contributed by atoms with E-state index in [1.165, 1.54) is 0 Å². The van der Waals surface area contributed by atoms with E-state index in [0.717, 1.165) is 0 Å². The van der Waals surface area contributed by atoms with Gasteiger partial charge in [-0.1, -0.05) is 23.2 Å². The fraction of sp³-hybridized carbons (Fsp3) is 0.500. The van der Waals surface area contributed by atoms with Crippen molar-refractivity contribution >= 4 is 40.9 Å². The van der Waals surface area contributed by atoms with E-state index >= 15 is 0 Å². The Bertz CT molecular complexity index is 584. The molecule has 24 heavy (non-hydrogen) atoms. The fourth-order valence-electron chi connectivity index (χ4n) is 2.55. The minimum absolute atomic E-state index is 0.141. The van der Waals surface area contributed by atoms with Crippen molar-refractivity contribution in [3.8, 4) is 0 Å². The topological polar surface area (TPSA) is 61.9 Å². The van der Waals surface area contributed by atoms with Crippen LogP contribution in [0.2, 0.25) is 10.0 Å². The van der Waals surface area contributed by atoms with Gasteiger partial charge in [0.25, 0.3) is 0 Å². The highest BCUT2D eigenvalue weighted by Crippen LogP contribution is 2.22. The summed E-state index contributed by atoms with van der Waals surface area (Å²) in [5.74, 6) is -0.141. The summed E-state index contributed by atoms with van der Waals surface area (Å²) in [5.41, 5.74) is 0.564. The van der Waals surface area contributed by atoms with Gasteiger partial charge in [-0.05, 0) is 32.0 Å². The second kappa shape index (κ2) is 8.55. The smallest absolute Gasteiger partial charge is 0.409 e. The Balaban J connectivity index is 1.89. The Morgan fingerprint density at radius 2 is 1.75 bits per heavy atom. The predicted octanol–water partition coefficient (Wildman–Crippen LogP) is 3.09. The number of ether oxygens (including phenoxy) is 1. The van der Waals surface area contributed by atoms with Crippen LogP contribution < -0.4 is 5.32 Å². The van der Waals surface area contributed by atoms with Crippen molar-refractivity contribution in [3.05, 3.63) is 28.2 Å². The lowest BCUT2D eigenvalue weighted by Crippen LogP contribution is -2.54. The van der Waals surface area contributed by atoms with Crippen molar-refractivity contribution < 1.29 is 14.3 Å². The number of carbonyl (C=O) groups is 2. The van der Waals surface area contributed by atoms with Gasteiger partial charge < -0.3 is 15.0 Å². The SMILES string of the molecule is CCOC(=O)N1CCN(C(C)C(=O)Nc2cc(Cl)cc(Cl)c2)CC1. The highest BCUT2D eigenvalue weighted by Gasteiger charge is 2.28. The molecular weight excluding hydrogens is 353 g/mol. The maximum absolute atomic E-state index is 12.4. The number of carbonyl (C=O) groups excluding carboxylic acids is 2. The number of anilines is 1. The second-order valence-corrected chi connectivity index (χ2v) is 6.42. The number of rotatable bonds is 4. The van der Waals surface area contributed by atoms with E-state index in [0.29, 0.717) is 48.5 Å². The van der Waals surface area contributed by atoms with Crippen LogP contribution in [-0.2, 0) is 9.53 Å². The van der Waals surface area contributed by atoms with Crippen LogP contribution in [0.15, 0.2) is 18.2 Å². The molecule has 0 aliphatic carbocycles. The zero-order valence-electron chi connectivity index (χ0n) is 13.7. The summed E-state index contributed by atoms with van der Waals surface area (Å²) in [4.78, 5) is 27.8. The minimum atomic E-state index is -0.327. The lowest BCUT2D eigenvalue weighted by atomic mass is 10.2. The monoisotopic (exact) mass is 373 g/mol. The molecule has 6 nitrogen and oxygen atoms in total. The molecule has 0 aromatic heterocycles. The van der Waals surface area contributed by atoms with Crippen molar-refractivity contribution in [2.75, 3.05) is 38.1 Å². The maximum atomic E-state index is 12.4. The molecule has 1 fully saturated rings. The summed E-state index contributed by atoms with van der Waals surface area (Å²) in [6.45, 7) is 6.29. The lowest BCUT2D eigenvalue weighted by molar-refractivity contribution is -0.121. The fourth-order valence-corrected chi connectivity index (χ4v) is 3.07. The number of nitrogens with one attached hydrogen (secondary N) is 1. The number of hydrogen-bond acceptors (Lipinski definition) is 4. The Morgan fingerprint density at radius 3 is 2.29 bits per heavy atom. The van der Waals surface area contributed by atoms with E-state index in [-0.39, 0.29) is 18.0 Å². The van der Waals surface area contributed by atoms with Gasteiger partial charge in [0.1, 0.15) is 0 Å². The van der Waals surface area contributed by atoms with Crippen LogP contribution in [0.3, 0.4) is 0 Å². The maximum Gasteiger partial charge on any atom is 0.409 e. The number of nitrogens with zero attached hydrogens (tertiary/aromatic N) is 2. The van der Waals surface area contributed by atoms with Crippen LogP contribution in [0.1, 0.15) is 13.8 Å². The third kappa shape index (κ3) is 5.00. The van der Waals surface area contributed by atoms with Crippen molar-refractivity contribution in [2.24, 2.45) is 0 Å².